The van der Waals surface area contributed by atoms with E-state index in [4.69, 9.17) is 25.5 Å². The van der Waals surface area contributed by atoms with Crippen LogP contribution >= 0.6 is 0 Å². The molecule has 0 aliphatic heterocycles. The maximum Gasteiger partial charge on any atom is 0.243 e. The molecule has 9 heteroatoms. The number of nitrogens with zero attached hydrogens (tertiary/aromatic N) is 4. The van der Waals surface area contributed by atoms with E-state index < -0.39 is 0 Å². The molecule has 0 spiro atoms. The summed E-state index contributed by atoms with van der Waals surface area (Å²) in [4.78, 5) is 14.0. The van der Waals surface area contributed by atoms with E-state index in [1.165, 1.54) is 224 Å². The minimum absolute atomic E-state index is 0.273. The molecule has 0 bridgehead atoms. The number of aldehydes is 1. The third-order valence-corrected chi connectivity index (χ3v) is 20.8. The fourth-order valence-electron chi connectivity index (χ4n) is 14.2. The van der Waals surface area contributed by atoms with Gasteiger partial charge in [0.25, 0.3) is 0 Å². The monoisotopic (exact) mass is 1480 g/mol. The summed E-state index contributed by atoms with van der Waals surface area (Å²) in [6.45, 7) is 19.1. The third-order valence-electron chi connectivity index (χ3n) is 20.8. The van der Waals surface area contributed by atoms with Crippen LogP contribution < -0.4 is 18.9 Å². The van der Waals surface area contributed by atoms with Crippen LogP contribution in [0.5, 0.6) is 23.0 Å². The van der Waals surface area contributed by atoms with Crippen molar-refractivity contribution in [3.05, 3.63) is 202 Å². The van der Waals surface area contributed by atoms with Gasteiger partial charge in [-0.1, -0.05) is 368 Å². The van der Waals surface area contributed by atoms with E-state index in [1.807, 2.05) is 103 Å². The zero-order valence-corrected chi connectivity index (χ0v) is 68.0. The number of nitriles is 3. The van der Waals surface area contributed by atoms with E-state index in [0.717, 1.165) is 111 Å². The van der Waals surface area contributed by atoms with Gasteiger partial charge in [0, 0.05) is 22.3 Å². The fraction of sp³-hybridized carbons (Fsp3) is 0.495. The highest BCUT2D eigenvalue weighted by atomic mass is 16.5. The lowest BCUT2D eigenvalue weighted by molar-refractivity contribution is 0.112. The molecule has 0 amide bonds. The molecule has 0 unspecified atom stereocenters. The first-order valence-electron chi connectivity index (χ1n) is 43.0. The van der Waals surface area contributed by atoms with E-state index in [2.05, 4.69) is 111 Å². The van der Waals surface area contributed by atoms with Crippen LogP contribution in [0.15, 0.2) is 152 Å². The molecule has 0 aromatic heterocycles. The maximum atomic E-state index is 10.7. The molecule has 110 heavy (non-hydrogen) atoms. The maximum absolute atomic E-state index is 10.7. The summed E-state index contributed by atoms with van der Waals surface area (Å²) in [5.41, 5.74) is 6.71. The van der Waals surface area contributed by atoms with E-state index in [-0.39, 0.29) is 6.54 Å². The summed E-state index contributed by atoms with van der Waals surface area (Å²) < 4.78 is 25.5. The Morgan fingerprint density at radius 3 is 0.900 bits per heavy atom. The number of benzene rings is 8. The van der Waals surface area contributed by atoms with Crippen molar-refractivity contribution in [2.45, 2.75) is 297 Å². The number of allylic oxidation sites excluding steroid dienone is 2. The Hall–Kier alpha value is -9.15. The highest BCUT2D eigenvalue weighted by Gasteiger charge is 2.20. The van der Waals surface area contributed by atoms with E-state index in [9.17, 15) is 20.6 Å². The van der Waals surface area contributed by atoms with Crippen molar-refractivity contribution >= 4 is 61.9 Å². The molecular formula is C101H132N4O5. The van der Waals surface area contributed by atoms with Crippen LogP contribution in [-0.2, 0) is 13.0 Å². The number of unbranched alkanes of at least 4 members (excludes halogenated alkanes) is 36. The molecule has 8 aromatic rings. The van der Waals surface area contributed by atoms with Crippen molar-refractivity contribution in [3.8, 4) is 41.2 Å². The Balaban J connectivity index is 0.000000319. The van der Waals surface area contributed by atoms with Gasteiger partial charge in [-0.25, -0.2) is 6.57 Å². The van der Waals surface area contributed by atoms with E-state index >= 15 is 0 Å². The minimum atomic E-state index is 0.273. The van der Waals surface area contributed by atoms with Gasteiger partial charge < -0.3 is 23.8 Å². The number of carbonyl (C=O) groups is 1. The van der Waals surface area contributed by atoms with Crippen LogP contribution in [-0.4, -0.2) is 32.7 Å². The van der Waals surface area contributed by atoms with Gasteiger partial charge in [-0.3, -0.25) is 4.79 Å². The molecule has 0 fully saturated rings. The Labute approximate surface area is 664 Å². The van der Waals surface area contributed by atoms with E-state index in [0.29, 0.717) is 66.6 Å². The largest absolute Gasteiger partial charge is 0.493 e. The summed E-state index contributed by atoms with van der Waals surface area (Å²) in [6, 6.07) is 57.8. The van der Waals surface area contributed by atoms with E-state index in [1.54, 1.807) is 0 Å². The normalized spacial score (nSPS) is 11.2. The first kappa shape index (κ1) is 89.7. The zero-order chi connectivity index (χ0) is 78.0. The number of ether oxygens (including phenoxy) is 4. The van der Waals surface area contributed by atoms with Gasteiger partial charge in [-0.05, 0) is 124 Å². The SMILES string of the molecule is CCCCCCCCCCCCOc1cc(/C(C#N)=C/c2ccc3ccccc3c2)c(OCCCCCCCCCCCC)cc1/C(C#N)=C/c1ccc2ccccc2c1.O=Cc1ccc2ccccc2c1.[C-]#[N+]Cc1cc(OCCCCCCCCCCCC)c(CC#N)cc1OCCCCCCCCCCCC. The van der Waals surface area contributed by atoms with Crippen molar-refractivity contribution < 1.29 is 23.7 Å². The van der Waals surface area contributed by atoms with Crippen LogP contribution in [0, 0.1) is 40.6 Å². The lowest BCUT2D eigenvalue weighted by Crippen LogP contribution is -2.05. The molecule has 9 nitrogen and oxygen atoms in total. The molecule has 0 aliphatic rings. The summed E-state index contributed by atoms with van der Waals surface area (Å²) in [5, 5.41) is 37.7. The van der Waals surface area contributed by atoms with Crippen LogP contribution in [0.2, 0.25) is 0 Å². The molecule has 0 aliphatic carbocycles. The summed E-state index contributed by atoms with van der Waals surface area (Å²) in [6.07, 6.45) is 55.7. The Bertz CT molecular complexity index is 3900. The van der Waals surface area contributed by atoms with Gasteiger partial charge in [-0.2, -0.15) is 15.8 Å². The lowest BCUT2D eigenvalue weighted by Gasteiger charge is -2.18. The Kier molecular flexibility index (Phi) is 47.2. The van der Waals surface area contributed by atoms with Gasteiger partial charge in [0.2, 0.25) is 6.54 Å². The number of rotatable bonds is 55. The summed E-state index contributed by atoms with van der Waals surface area (Å²) in [5.74, 6) is 2.68. The highest BCUT2D eigenvalue weighted by molar-refractivity contribution is 5.98. The molecule has 8 aromatic carbocycles. The molecule has 0 atom stereocenters. The minimum Gasteiger partial charge on any atom is -0.493 e. The van der Waals surface area contributed by atoms with Crippen molar-refractivity contribution in [2.75, 3.05) is 26.4 Å². The van der Waals surface area contributed by atoms with Gasteiger partial charge in [0.05, 0.1) is 67.8 Å². The number of carbonyl (C=O) groups excluding carboxylic acids is 1. The first-order chi connectivity index (χ1) is 54.3. The second-order valence-corrected chi connectivity index (χ2v) is 30.0. The molecule has 0 N–H and O–H groups in total. The van der Waals surface area contributed by atoms with Gasteiger partial charge in [-0.15, -0.1) is 0 Å². The van der Waals surface area contributed by atoms with Crippen molar-refractivity contribution in [3.63, 3.8) is 0 Å². The summed E-state index contributed by atoms with van der Waals surface area (Å²) in [7, 11) is 0. The standard InChI is InChI=1S/C56H68N2O2.C34H56N2O2.C11H8O/c1-3-5-7-9-11-13-15-17-19-25-35-59-55-41-54(52(44-58)40-46-32-34-48-28-22-24-30-50(48)38-46)56(60-36-26-20-18-16-14-12-10-8-6-4-2)42-53(55)51(43-57)39-45-31-33-47-27-21-23-29-49(47)37-45;1-4-6-8-10-12-14-16-18-20-22-26-37-33-29-32(30-36-3)34(28-31(33)24-25-35)38-27-23-21-19-17-15-13-11-9-7-5-2;12-8-9-5-6-10-3-1-2-4-11(10)7-9/h21-24,27-34,37-42H,3-20,25-26,35-36H2,1-2H3;28-29H,4-24,26-27,30H2,1-2H3;1-8H/b51-39+,52-40+;;. The Morgan fingerprint density at radius 2 is 0.600 bits per heavy atom. The highest BCUT2D eigenvalue weighted by Crippen LogP contribution is 2.40. The summed E-state index contributed by atoms with van der Waals surface area (Å²) >= 11 is 0. The fourth-order valence-corrected chi connectivity index (χ4v) is 14.2. The lowest BCUT2D eigenvalue weighted by atomic mass is 9.95. The zero-order valence-electron chi connectivity index (χ0n) is 68.0. The van der Waals surface area contributed by atoms with Crippen molar-refractivity contribution in [2.24, 2.45) is 0 Å². The van der Waals surface area contributed by atoms with Crippen LogP contribution in [0.4, 0.5) is 0 Å². The van der Waals surface area contributed by atoms with Gasteiger partial charge >= 0.3 is 0 Å². The molecule has 586 valence electrons. The predicted molar refractivity (Wildman–Crippen MR) is 466 cm³/mol. The molecule has 0 saturated carbocycles. The Morgan fingerprint density at radius 1 is 0.327 bits per heavy atom. The topological polar surface area (TPSA) is 130 Å². The first-order valence-corrected chi connectivity index (χ1v) is 43.0. The van der Waals surface area contributed by atoms with Crippen LogP contribution in [0.1, 0.15) is 328 Å². The second-order valence-electron chi connectivity index (χ2n) is 30.0. The molecule has 0 heterocycles. The second kappa shape index (κ2) is 57.9. The van der Waals surface area contributed by atoms with Gasteiger partial charge in [0.1, 0.15) is 29.3 Å². The number of fused-ring (bicyclic) bond motifs is 3. The van der Waals surface area contributed by atoms with Crippen LogP contribution in [0.25, 0.3) is 60.5 Å². The van der Waals surface area contributed by atoms with Crippen LogP contribution in [0.3, 0.4) is 0 Å². The van der Waals surface area contributed by atoms with Crippen molar-refractivity contribution in [1.82, 2.24) is 0 Å². The quantitative estimate of drug-likeness (QED) is 0.0121. The predicted octanol–water partition coefficient (Wildman–Crippen LogP) is 30.1. The smallest absolute Gasteiger partial charge is 0.243 e. The third kappa shape index (κ3) is 35.7. The average molecular weight is 1480 g/mol. The number of hydrogen-bond acceptors (Lipinski definition) is 8. The average Bonchev–Trinajstić information content (AvgIpc) is 0.788. The van der Waals surface area contributed by atoms with Crippen molar-refractivity contribution in [1.29, 1.82) is 15.8 Å². The van der Waals surface area contributed by atoms with Gasteiger partial charge in [0.15, 0.2) is 0 Å². The molecule has 8 rings (SSSR count). The molecule has 0 radical (unpaired) electrons. The molecular weight excluding hydrogens is 1350 g/mol. The molecule has 0 saturated heterocycles. The number of hydrogen-bond donors (Lipinski definition) is 0.